The van der Waals surface area contributed by atoms with Crippen LogP contribution >= 0.6 is 11.8 Å². The van der Waals surface area contributed by atoms with E-state index in [-0.39, 0.29) is 0 Å². The fraction of sp³-hybridized carbons (Fsp3) is 0.500. The molecule has 0 unspecified atom stereocenters. The van der Waals surface area contributed by atoms with E-state index in [1.807, 2.05) is 18.0 Å². The third kappa shape index (κ3) is 0.852. The van der Waals surface area contributed by atoms with Crippen LogP contribution in [0.3, 0.4) is 0 Å². The highest BCUT2D eigenvalue weighted by Crippen LogP contribution is 2.26. The Morgan fingerprint density at radius 1 is 1.67 bits per heavy atom. The van der Waals surface area contributed by atoms with Crippen LogP contribution in [0.5, 0.6) is 0 Å². The van der Waals surface area contributed by atoms with E-state index in [2.05, 4.69) is 10.3 Å². The number of hydrogen-bond donors (Lipinski definition) is 1. The standard InChI is InChI=1S/C6H8N2S/c1-2-7-3-6-5(1)8-4-9-6/h3,8H,1-2,4H2. The average Bonchev–Trinajstić information content (AvgIpc) is 2.33. The lowest BCUT2D eigenvalue weighted by Crippen LogP contribution is -2.09. The molecule has 0 saturated heterocycles. The molecule has 0 atom stereocenters. The van der Waals surface area contributed by atoms with E-state index in [4.69, 9.17) is 0 Å². The predicted octanol–water partition coefficient (Wildman–Crippen LogP) is 0.966. The normalized spacial score (nSPS) is 24.0. The van der Waals surface area contributed by atoms with Gasteiger partial charge in [0.1, 0.15) is 0 Å². The van der Waals surface area contributed by atoms with Gasteiger partial charge in [0.25, 0.3) is 0 Å². The second kappa shape index (κ2) is 2.06. The Morgan fingerprint density at radius 2 is 2.67 bits per heavy atom. The first-order valence-electron chi connectivity index (χ1n) is 3.06. The first-order chi connectivity index (χ1) is 4.47. The van der Waals surface area contributed by atoms with Crippen molar-refractivity contribution in [2.24, 2.45) is 4.99 Å². The maximum Gasteiger partial charge on any atom is 0.0655 e. The summed E-state index contributed by atoms with van der Waals surface area (Å²) in [6.45, 7) is 0.965. The van der Waals surface area contributed by atoms with Gasteiger partial charge in [-0.1, -0.05) is 0 Å². The molecule has 1 N–H and O–H groups in total. The molecule has 3 heteroatoms. The van der Waals surface area contributed by atoms with Gasteiger partial charge in [-0.05, 0) is 0 Å². The summed E-state index contributed by atoms with van der Waals surface area (Å²) < 4.78 is 0. The molecule has 0 amide bonds. The summed E-state index contributed by atoms with van der Waals surface area (Å²) in [5.41, 5.74) is 1.40. The number of dihydropyridines is 1. The Kier molecular flexibility index (Phi) is 1.23. The molecule has 2 aliphatic rings. The summed E-state index contributed by atoms with van der Waals surface area (Å²) in [4.78, 5) is 5.52. The average molecular weight is 140 g/mol. The van der Waals surface area contributed by atoms with E-state index < -0.39 is 0 Å². The largest absolute Gasteiger partial charge is 0.378 e. The zero-order chi connectivity index (χ0) is 6.10. The third-order valence-corrected chi connectivity index (χ3v) is 2.46. The Labute approximate surface area is 58.4 Å². The molecule has 0 aliphatic carbocycles. The molecule has 48 valence electrons. The lowest BCUT2D eigenvalue weighted by Gasteiger charge is -2.04. The Morgan fingerprint density at radius 3 is 3.56 bits per heavy atom. The zero-order valence-electron chi connectivity index (χ0n) is 5.05. The van der Waals surface area contributed by atoms with Crippen molar-refractivity contribution in [1.29, 1.82) is 0 Å². The van der Waals surface area contributed by atoms with Gasteiger partial charge >= 0.3 is 0 Å². The Balaban J connectivity index is 2.28. The SMILES string of the molecule is C1=NCCC2=C1SCN2. The van der Waals surface area contributed by atoms with Crippen LogP contribution in [0.15, 0.2) is 15.6 Å². The van der Waals surface area contributed by atoms with Gasteiger partial charge in [0.2, 0.25) is 0 Å². The summed E-state index contributed by atoms with van der Waals surface area (Å²) in [5, 5.41) is 3.31. The minimum absolute atomic E-state index is 0.965. The number of thioether (sulfide) groups is 1. The van der Waals surface area contributed by atoms with Crippen LogP contribution in [0.2, 0.25) is 0 Å². The minimum Gasteiger partial charge on any atom is -0.378 e. The number of hydrogen-bond acceptors (Lipinski definition) is 3. The first-order valence-corrected chi connectivity index (χ1v) is 4.05. The number of nitrogens with zero attached hydrogens (tertiary/aromatic N) is 1. The van der Waals surface area contributed by atoms with Gasteiger partial charge in [0, 0.05) is 29.8 Å². The van der Waals surface area contributed by atoms with Crippen molar-refractivity contribution in [2.75, 3.05) is 12.4 Å². The summed E-state index contributed by atoms with van der Waals surface area (Å²) in [7, 11) is 0. The predicted molar refractivity (Wildman–Crippen MR) is 40.6 cm³/mol. The third-order valence-electron chi connectivity index (χ3n) is 1.51. The molecule has 9 heavy (non-hydrogen) atoms. The minimum atomic E-state index is 0.965. The molecule has 2 aliphatic heterocycles. The van der Waals surface area contributed by atoms with Crippen LogP contribution in [0.1, 0.15) is 6.42 Å². The molecule has 0 spiro atoms. The molecule has 0 aromatic heterocycles. The van der Waals surface area contributed by atoms with Gasteiger partial charge < -0.3 is 5.32 Å². The summed E-state index contributed by atoms with van der Waals surface area (Å²) >= 11 is 1.85. The van der Waals surface area contributed by atoms with Crippen LogP contribution in [-0.2, 0) is 0 Å². The van der Waals surface area contributed by atoms with Crippen molar-refractivity contribution in [3.63, 3.8) is 0 Å². The number of allylic oxidation sites excluding steroid dienone is 1. The van der Waals surface area contributed by atoms with Crippen LogP contribution in [0, 0.1) is 0 Å². The van der Waals surface area contributed by atoms with E-state index in [1.54, 1.807) is 0 Å². The maximum absolute atomic E-state index is 4.18. The first kappa shape index (κ1) is 5.35. The quantitative estimate of drug-likeness (QED) is 0.542. The summed E-state index contributed by atoms with van der Waals surface area (Å²) in [6.07, 6.45) is 3.09. The Bertz CT molecular complexity index is 183. The second-order valence-corrected chi connectivity index (χ2v) is 3.11. The van der Waals surface area contributed by atoms with Gasteiger partial charge in [-0.2, -0.15) is 0 Å². The highest BCUT2D eigenvalue weighted by molar-refractivity contribution is 8.04. The highest BCUT2D eigenvalue weighted by Gasteiger charge is 2.14. The molecule has 0 saturated carbocycles. The molecule has 0 aromatic rings. The number of nitrogens with one attached hydrogen (secondary N) is 1. The Hall–Kier alpha value is -0.440. The van der Waals surface area contributed by atoms with Crippen LogP contribution in [0.25, 0.3) is 0 Å². The van der Waals surface area contributed by atoms with Crippen molar-refractivity contribution in [3.05, 3.63) is 10.6 Å². The molecule has 0 radical (unpaired) electrons. The van der Waals surface area contributed by atoms with E-state index in [0.29, 0.717) is 0 Å². The number of rotatable bonds is 0. The van der Waals surface area contributed by atoms with Gasteiger partial charge in [-0.15, -0.1) is 11.8 Å². The topological polar surface area (TPSA) is 24.4 Å². The van der Waals surface area contributed by atoms with E-state index >= 15 is 0 Å². The molecule has 0 bridgehead atoms. The molecule has 0 fully saturated rings. The molecular weight excluding hydrogens is 132 g/mol. The summed E-state index contributed by atoms with van der Waals surface area (Å²) in [5.74, 6) is 1.04. The lowest BCUT2D eigenvalue weighted by atomic mass is 10.2. The van der Waals surface area contributed by atoms with Crippen molar-refractivity contribution >= 4 is 18.0 Å². The maximum atomic E-state index is 4.18. The van der Waals surface area contributed by atoms with Crippen molar-refractivity contribution < 1.29 is 0 Å². The van der Waals surface area contributed by atoms with E-state index in [1.165, 1.54) is 10.6 Å². The van der Waals surface area contributed by atoms with Crippen molar-refractivity contribution in [2.45, 2.75) is 6.42 Å². The van der Waals surface area contributed by atoms with Gasteiger partial charge in [-0.3, -0.25) is 4.99 Å². The lowest BCUT2D eigenvalue weighted by molar-refractivity contribution is 0.836. The number of aliphatic imine (C=N–C) groups is 1. The molecule has 2 heterocycles. The van der Waals surface area contributed by atoms with E-state index in [0.717, 1.165) is 18.8 Å². The molecule has 2 nitrogen and oxygen atoms in total. The van der Waals surface area contributed by atoms with Crippen LogP contribution < -0.4 is 5.32 Å². The van der Waals surface area contributed by atoms with Crippen molar-refractivity contribution in [1.82, 2.24) is 5.32 Å². The van der Waals surface area contributed by atoms with Crippen LogP contribution in [-0.4, -0.2) is 18.6 Å². The molecule has 0 aromatic carbocycles. The smallest absolute Gasteiger partial charge is 0.0655 e. The van der Waals surface area contributed by atoms with Gasteiger partial charge in [0.05, 0.1) is 5.88 Å². The van der Waals surface area contributed by atoms with Gasteiger partial charge in [0.15, 0.2) is 0 Å². The monoisotopic (exact) mass is 140 g/mol. The highest BCUT2D eigenvalue weighted by atomic mass is 32.2. The van der Waals surface area contributed by atoms with Crippen LogP contribution in [0.4, 0.5) is 0 Å². The molecule has 2 rings (SSSR count). The summed E-state index contributed by atoms with van der Waals surface area (Å²) in [6, 6.07) is 0. The fourth-order valence-electron chi connectivity index (χ4n) is 1.03. The van der Waals surface area contributed by atoms with Crippen molar-refractivity contribution in [3.8, 4) is 0 Å². The second-order valence-electron chi connectivity index (χ2n) is 2.09. The molecular formula is C6H8N2S. The van der Waals surface area contributed by atoms with Gasteiger partial charge in [-0.25, -0.2) is 0 Å². The fourth-order valence-corrected chi connectivity index (χ4v) is 1.93. The zero-order valence-corrected chi connectivity index (χ0v) is 5.87. The van der Waals surface area contributed by atoms with E-state index in [9.17, 15) is 0 Å².